The van der Waals surface area contributed by atoms with Crippen LogP contribution in [-0.2, 0) is 4.79 Å². The minimum Gasteiger partial charge on any atom is -0.267 e. The Hall–Kier alpha value is -5.10. The third-order valence-corrected chi connectivity index (χ3v) is 5.92. The third-order valence-electron chi connectivity index (χ3n) is 5.92. The highest BCUT2D eigenvalue weighted by atomic mass is 16.2. The van der Waals surface area contributed by atoms with Gasteiger partial charge >= 0.3 is 0 Å². The van der Waals surface area contributed by atoms with Crippen LogP contribution in [-0.4, -0.2) is 26.4 Å². The molecule has 0 fully saturated rings. The first-order valence-electron chi connectivity index (χ1n) is 11.6. The van der Waals surface area contributed by atoms with Crippen molar-refractivity contribution in [2.75, 3.05) is 5.01 Å². The van der Waals surface area contributed by atoms with Crippen molar-refractivity contribution >= 4 is 23.4 Å². The zero-order chi connectivity index (χ0) is 24.3. The number of hydrogen-bond acceptors (Lipinski definition) is 4. The Morgan fingerprint density at radius 1 is 0.694 bits per heavy atom. The van der Waals surface area contributed by atoms with Gasteiger partial charge in [-0.3, -0.25) is 9.78 Å². The minimum atomic E-state index is -0.202. The van der Waals surface area contributed by atoms with Gasteiger partial charge in [-0.25, -0.2) is 4.68 Å². The number of anilines is 1. The van der Waals surface area contributed by atoms with Crippen LogP contribution >= 0.6 is 0 Å². The summed E-state index contributed by atoms with van der Waals surface area (Å²) in [5.74, 6) is -0.202. The molecule has 0 bridgehead atoms. The second-order valence-corrected chi connectivity index (χ2v) is 8.28. The second kappa shape index (κ2) is 9.27. The average Bonchev–Trinajstić information content (AvgIpc) is 3.52. The lowest BCUT2D eigenvalue weighted by molar-refractivity contribution is -0.114. The number of aromatic nitrogens is 3. The molecule has 0 N–H and O–H groups in total. The van der Waals surface area contributed by atoms with Gasteiger partial charge in [-0.2, -0.15) is 15.2 Å². The molecule has 3 heterocycles. The molecular weight excluding hydrogens is 446 g/mol. The van der Waals surface area contributed by atoms with Crippen LogP contribution in [0, 0.1) is 0 Å². The molecule has 0 atom stereocenters. The normalized spacial score (nSPS) is 14.3. The quantitative estimate of drug-likeness (QED) is 0.308. The van der Waals surface area contributed by atoms with Crippen molar-refractivity contribution < 1.29 is 4.79 Å². The highest BCUT2D eigenvalue weighted by Crippen LogP contribution is 2.31. The lowest BCUT2D eigenvalue weighted by atomic mass is 10.00. The molecule has 0 spiro atoms. The van der Waals surface area contributed by atoms with Crippen LogP contribution in [0.5, 0.6) is 0 Å². The predicted molar refractivity (Wildman–Crippen MR) is 142 cm³/mol. The van der Waals surface area contributed by atoms with Gasteiger partial charge in [-0.1, -0.05) is 66.7 Å². The maximum absolute atomic E-state index is 13.7. The van der Waals surface area contributed by atoms with Gasteiger partial charge in [0.15, 0.2) is 0 Å². The summed E-state index contributed by atoms with van der Waals surface area (Å²) in [6, 6.07) is 33.1. The zero-order valence-electron chi connectivity index (χ0n) is 19.3. The molecule has 5 aromatic rings. The molecule has 1 aliphatic heterocycles. The van der Waals surface area contributed by atoms with Gasteiger partial charge in [0, 0.05) is 35.3 Å². The van der Waals surface area contributed by atoms with Crippen molar-refractivity contribution in [1.82, 2.24) is 14.8 Å². The number of rotatable bonds is 5. The number of carbonyl (C=O) groups excluding carboxylic acids is 1. The molecule has 1 amide bonds. The number of pyridine rings is 1. The molecule has 1 aliphatic rings. The first kappa shape index (κ1) is 21.4. The first-order chi connectivity index (χ1) is 17.8. The summed E-state index contributed by atoms with van der Waals surface area (Å²) in [6.45, 7) is 0. The molecule has 6 heteroatoms. The summed E-state index contributed by atoms with van der Waals surface area (Å²) in [7, 11) is 0. The van der Waals surface area contributed by atoms with Crippen molar-refractivity contribution in [1.29, 1.82) is 0 Å². The van der Waals surface area contributed by atoms with Gasteiger partial charge in [-0.05, 0) is 42.5 Å². The highest BCUT2D eigenvalue weighted by Gasteiger charge is 2.32. The van der Waals surface area contributed by atoms with Crippen LogP contribution in [0.25, 0.3) is 23.0 Å². The molecule has 2 aromatic heterocycles. The number of hydrogen-bond donors (Lipinski definition) is 0. The van der Waals surface area contributed by atoms with Gasteiger partial charge in [-0.15, -0.1) is 0 Å². The van der Waals surface area contributed by atoms with Crippen molar-refractivity contribution in [2.24, 2.45) is 5.10 Å². The smallest absolute Gasteiger partial charge is 0.267 e. The monoisotopic (exact) mass is 467 g/mol. The van der Waals surface area contributed by atoms with Crippen LogP contribution in [0.15, 0.2) is 132 Å². The highest BCUT2D eigenvalue weighted by molar-refractivity contribution is 6.37. The van der Waals surface area contributed by atoms with Gasteiger partial charge in [0.1, 0.15) is 5.71 Å². The van der Waals surface area contributed by atoms with E-state index < -0.39 is 0 Å². The average molecular weight is 468 g/mol. The van der Waals surface area contributed by atoms with Crippen molar-refractivity contribution in [3.8, 4) is 16.9 Å². The molecule has 0 unspecified atom stereocenters. The Morgan fingerprint density at radius 3 is 2.00 bits per heavy atom. The van der Waals surface area contributed by atoms with Crippen molar-refractivity contribution in [3.63, 3.8) is 0 Å². The number of para-hydroxylation sites is 2. The van der Waals surface area contributed by atoms with E-state index in [4.69, 9.17) is 10.2 Å². The molecule has 0 aliphatic carbocycles. The fraction of sp³-hybridized carbons (Fsp3) is 0. The molecule has 6 rings (SSSR count). The molecule has 0 saturated carbocycles. The summed E-state index contributed by atoms with van der Waals surface area (Å²) in [5.41, 5.74) is 6.03. The van der Waals surface area contributed by atoms with E-state index in [1.165, 1.54) is 5.01 Å². The molecule has 172 valence electrons. The summed E-state index contributed by atoms with van der Waals surface area (Å²) in [5, 5.41) is 11.0. The van der Waals surface area contributed by atoms with Crippen LogP contribution in [0.4, 0.5) is 5.69 Å². The van der Waals surface area contributed by atoms with E-state index in [1.54, 1.807) is 12.4 Å². The molecule has 36 heavy (non-hydrogen) atoms. The van der Waals surface area contributed by atoms with Gasteiger partial charge in [0.05, 0.1) is 22.6 Å². The van der Waals surface area contributed by atoms with Gasteiger partial charge in [0.25, 0.3) is 5.91 Å². The number of carbonyl (C=O) groups is 1. The van der Waals surface area contributed by atoms with Crippen LogP contribution < -0.4 is 5.01 Å². The van der Waals surface area contributed by atoms with Crippen molar-refractivity contribution in [3.05, 3.63) is 138 Å². The Labute approximate surface area is 208 Å². The maximum atomic E-state index is 13.7. The Bertz CT molecular complexity index is 1570. The lowest BCUT2D eigenvalue weighted by Crippen LogP contribution is -2.21. The predicted octanol–water partition coefficient (Wildman–Crippen LogP) is 5.77. The summed E-state index contributed by atoms with van der Waals surface area (Å²) >= 11 is 0. The van der Waals surface area contributed by atoms with E-state index in [-0.39, 0.29) is 5.91 Å². The number of hydrazone groups is 1. The van der Waals surface area contributed by atoms with Crippen LogP contribution in [0.3, 0.4) is 0 Å². The van der Waals surface area contributed by atoms with E-state index in [1.807, 2.05) is 120 Å². The third kappa shape index (κ3) is 4.01. The number of benzene rings is 3. The standard InChI is InChI=1S/C30H21N5O/c36-30-27(29(23-13-10-18-31-20-23)33-35(30)26-16-8-3-9-17-26)19-24-21-34(25-14-6-2-7-15-25)32-28(24)22-11-4-1-5-12-22/h1-21H. The molecule has 0 saturated heterocycles. The van der Waals surface area contributed by atoms with Gasteiger partial charge in [0.2, 0.25) is 0 Å². The van der Waals surface area contributed by atoms with Crippen molar-refractivity contribution in [2.45, 2.75) is 0 Å². The van der Waals surface area contributed by atoms with Crippen LogP contribution in [0.1, 0.15) is 11.1 Å². The fourth-order valence-electron chi connectivity index (χ4n) is 4.19. The van der Waals surface area contributed by atoms with E-state index in [9.17, 15) is 4.79 Å². The maximum Gasteiger partial charge on any atom is 0.281 e. The summed E-state index contributed by atoms with van der Waals surface area (Å²) in [6.07, 6.45) is 7.26. The molecule has 3 aromatic carbocycles. The molecule has 0 radical (unpaired) electrons. The van der Waals surface area contributed by atoms with E-state index in [0.29, 0.717) is 17.0 Å². The Balaban J connectivity index is 1.52. The zero-order valence-corrected chi connectivity index (χ0v) is 19.3. The molecule has 6 nitrogen and oxygen atoms in total. The Kier molecular flexibility index (Phi) is 5.52. The first-order valence-corrected chi connectivity index (χ1v) is 11.6. The fourth-order valence-corrected chi connectivity index (χ4v) is 4.19. The van der Waals surface area contributed by atoms with Crippen LogP contribution in [0.2, 0.25) is 0 Å². The summed E-state index contributed by atoms with van der Waals surface area (Å²) in [4.78, 5) is 18.0. The van der Waals surface area contributed by atoms with E-state index in [0.717, 1.165) is 28.1 Å². The van der Waals surface area contributed by atoms with Gasteiger partial charge < -0.3 is 0 Å². The summed E-state index contributed by atoms with van der Waals surface area (Å²) < 4.78 is 1.84. The minimum absolute atomic E-state index is 0.202. The van der Waals surface area contributed by atoms with E-state index >= 15 is 0 Å². The lowest BCUT2D eigenvalue weighted by Gasteiger charge is -2.10. The van der Waals surface area contributed by atoms with E-state index in [2.05, 4.69) is 4.98 Å². The largest absolute Gasteiger partial charge is 0.281 e. The number of amides is 1. The SMILES string of the molecule is O=C1C(=Cc2cn(-c3ccccc3)nc2-c2ccccc2)C(c2cccnc2)=NN1c1ccccc1. The number of nitrogens with zero attached hydrogens (tertiary/aromatic N) is 5. The topological polar surface area (TPSA) is 63.4 Å². The second-order valence-electron chi connectivity index (χ2n) is 8.28. The Morgan fingerprint density at radius 2 is 1.33 bits per heavy atom. The molecular formula is C30H21N5O.